The van der Waals surface area contributed by atoms with E-state index in [1.54, 1.807) is 4.98 Å². The minimum atomic E-state index is -4.54. The molecule has 0 saturated carbocycles. The Balaban J connectivity index is 2.35. The Kier molecular flexibility index (Phi) is 4.59. The average molecular weight is 375 g/mol. The second kappa shape index (κ2) is 5.93. The summed E-state index contributed by atoms with van der Waals surface area (Å²) in [5.74, 6) is 0. The van der Waals surface area contributed by atoms with Crippen molar-refractivity contribution in [3.05, 3.63) is 27.0 Å². The number of H-pyrrole nitrogens is 1. The molecule has 0 bridgehead atoms. The summed E-state index contributed by atoms with van der Waals surface area (Å²) in [6, 6.07) is 0. The second-order valence-electron chi connectivity index (χ2n) is 4.32. The monoisotopic (exact) mass is 376 g/mol. The molecule has 1 fully saturated rings. The molecule has 0 amide bonds. The predicted molar refractivity (Wildman–Crippen MR) is 64.4 cm³/mol. The van der Waals surface area contributed by atoms with Crippen molar-refractivity contribution >= 4 is 19.4 Å². The Morgan fingerprint density at radius 3 is 2.67 bits per heavy atom. The van der Waals surface area contributed by atoms with Crippen LogP contribution >= 0.6 is 0 Å². The minimum absolute atomic E-state index is 0.0738. The van der Waals surface area contributed by atoms with E-state index in [1.165, 1.54) is 0 Å². The van der Waals surface area contributed by atoms with Gasteiger partial charge in [-0.15, -0.1) is 0 Å². The van der Waals surface area contributed by atoms with Gasteiger partial charge in [-0.25, -0.2) is 0 Å². The first-order valence-corrected chi connectivity index (χ1v) is 7.48. The van der Waals surface area contributed by atoms with E-state index in [9.17, 15) is 27.9 Å². The third-order valence-electron chi connectivity index (χ3n) is 2.86. The number of alkyl halides is 3. The zero-order chi connectivity index (χ0) is 15.8. The summed E-state index contributed by atoms with van der Waals surface area (Å²) in [7, 11) is 0. The van der Waals surface area contributed by atoms with Crippen LogP contribution in [0, 0.1) is 0 Å². The van der Waals surface area contributed by atoms with Gasteiger partial charge in [0.2, 0.25) is 0 Å². The third kappa shape index (κ3) is 3.74. The van der Waals surface area contributed by atoms with Crippen LogP contribution in [0.3, 0.4) is 0 Å². The molecule has 0 radical (unpaired) electrons. The maximum absolute atomic E-state index is 12.4. The van der Waals surface area contributed by atoms with E-state index in [-0.39, 0.29) is 6.42 Å². The number of halogens is 3. The van der Waals surface area contributed by atoms with E-state index in [1.807, 2.05) is 0 Å². The summed E-state index contributed by atoms with van der Waals surface area (Å²) in [4.78, 5) is 24.8. The van der Waals surface area contributed by atoms with E-state index >= 15 is 0 Å². The molecule has 2 heterocycles. The summed E-state index contributed by atoms with van der Waals surface area (Å²) in [5.41, 5.74) is -2.02. The SMILES string of the molecule is O=c1[nH]c(=O)n([C@H]2C[C@H](O)[C@@H](CO)O2)cc1[Se]C(F)(F)F. The van der Waals surface area contributed by atoms with Gasteiger partial charge >= 0.3 is 121 Å². The van der Waals surface area contributed by atoms with Crippen molar-refractivity contribution in [1.82, 2.24) is 9.55 Å². The zero-order valence-corrected chi connectivity index (χ0v) is 12.0. The normalized spacial score (nSPS) is 26.2. The predicted octanol–water partition coefficient (Wildman–Crippen LogP) is -1.97. The van der Waals surface area contributed by atoms with Crippen molar-refractivity contribution in [1.29, 1.82) is 0 Å². The van der Waals surface area contributed by atoms with Crippen LogP contribution in [0.25, 0.3) is 0 Å². The van der Waals surface area contributed by atoms with Gasteiger partial charge in [-0.2, -0.15) is 0 Å². The second-order valence-corrected chi connectivity index (χ2v) is 6.64. The molecular weight excluding hydrogens is 364 g/mol. The molecule has 0 aliphatic carbocycles. The van der Waals surface area contributed by atoms with Gasteiger partial charge in [0, 0.05) is 0 Å². The zero-order valence-electron chi connectivity index (χ0n) is 10.3. The van der Waals surface area contributed by atoms with Gasteiger partial charge in [0.05, 0.1) is 0 Å². The Hall–Kier alpha value is -1.13. The number of nitrogens with zero attached hydrogens (tertiary/aromatic N) is 1. The van der Waals surface area contributed by atoms with Gasteiger partial charge in [0.1, 0.15) is 0 Å². The van der Waals surface area contributed by atoms with Gasteiger partial charge in [-0.1, -0.05) is 0 Å². The molecule has 0 aromatic carbocycles. The van der Waals surface area contributed by atoms with Crippen molar-refractivity contribution in [2.45, 2.75) is 29.9 Å². The number of ether oxygens (including phenoxy) is 1. The van der Waals surface area contributed by atoms with Crippen molar-refractivity contribution in [3.8, 4) is 0 Å². The quantitative estimate of drug-likeness (QED) is 0.532. The molecular formula is C10H11F3N2O5Se. The number of rotatable bonds is 3. The van der Waals surface area contributed by atoms with Crippen LogP contribution in [-0.4, -0.2) is 58.6 Å². The summed E-state index contributed by atoms with van der Waals surface area (Å²) in [6.07, 6.45) is -2.29. The standard InChI is InChI=1S/C10H11F3N2O5Se/c11-10(12,13)21-6-2-15(9(19)14-8(6)18)7-1-4(17)5(3-16)20-7/h2,4-5,7,16-17H,1,3H2,(H,14,18,19)/t4-,5+,7+/m0/s1. The Bertz CT molecular complexity index is 628. The summed E-state index contributed by atoms with van der Waals surface area (Å²) in [6.45, 7) is -0.491. The van der Waals surface area contributed by atoms with E-state index in [0.717, 1.165) is 10.8 Å². The molecule has 0 unspecified atom stereocenters. The first-order chi connectivity index (χ1) is 9.71. The van der Waals surface area contributed by atoms with Gasteiger partial charge < -0.3 is 0 Å². The number of aliphatic hydroxyl groups is 2. The molecule has 3 N–H and O–H groups in total. The molecule has 1 aliphatic heterocycles. The van der Waals surface area contributed by atoms with Crippen molar-refractivity contribution < 1.29 is 28.1 Å². The number of hydrogen-bond acceptors (Lipinski definition) is 5. The molecule has 1 aliphatic rings. The van der Waals surface area contributed by atoms with Crippen LogP contribution in [0.2, 0.25) is 0 Å². The van der Waals surface area contributed by atoms with E-state index in [0.29, 0.717) is 0 Å². The molecule has 0 spiro atoms. The molecule has 3 atom stereocenters. The van der Waals surface area contributed by atoms with E-state index in [2.05, 4.69) is 0 Å². The number of nitrogens with one attached hydrogen (secondary N) is 1. The molecule has 1 saturated heterocycles. The molecule has 2 rings (SSSR count). The maximum atomic E-state index is 12.4. The summed E-state index contributed by atoms with van der Waals surface area (Å²) in [5, 5.41) is 14.0. The average Bonchev–Trinajstić information content (AvgIpc) is 2.72. The Morgan fingerprint density at radius 1 is 1.48 bits per heavy atom. The number of aromatic amines is 1. The fraction of sp³-hybridized carbons (Fsp3) is 0.600. The first-order valence-electron chi connectivity index (χ1n) is 5.77. The van der Waals surface area contributed by atoms with Crippen LogP contribution < -0.4 is 15.7 Å². The van der Waals surface area contributed by atoms with Gasteiger partial charge in [-0.05, 0) is 0 Å². The Labute approximate surface area is 121 Å². The number of aliphatic hydroxyl groups excluding tert-OH is 2. The van der Waals surface area contributed by atoms with Crippen LogP contribution in [-0.2, 0) is 4.74 Å². The molecule has 11 heteroatoms. The molecule has 1 aromatic heterocycles. The number of hydrogen-bond donors (Lipinski definition) is 3. The number of aromatic nitrogens is 2. The topological polar surface area (TPSA) is 105 Å². The molecule has 7 nitrogen and oxygen atoms in total. The molecule has 118 valence electrons. The van der Waals surface area contributed by atoms with Crippen molar-refractivity contribution in [2.75, 3.05) is 6.61 Å². The van der Waals surface area contributed by atoms with Crippen LogP contribution in [0.1, 0.15) is 12.6 Å². The van der Waals surface area contributed by atoms with E-state index < -0.39 is 60.8 Å². The van der Waals surface area contributed by atoms with Gasteiger partial charge in [0.25, 0.3) is 0 Å². The summed E-state index contributed by atoms with van der Waals surface area (Å²) >= 11 is -2.11. The Morgan fingerprint density at radius 2 is 2.14 bits per heavy atom. The molecule has 21 heavy (non-hydrogen) atoms. The van der Waals surface area contributed by atoms with Gasteiger partial charge in [-0.3, -0.25) is 0 Å². The molecule has 1 aromatic rings. The van der Waals surface area contributed by atoms with Crippen LogP contribution in [0.4, 0.5) is 13.2 Å². The first kappa shape index (κ1) is 16.2. The summed E-state index contributed by atoms with van der Waals surface area (Å²) < 4.78 is 42.6. The van der Waals surface area contributed by atoms with Crippen molar-refractivity contribution in [2.24, 2.45) is 0 Å². The van der Waals surface area contributed by atoms with E-state index in [4.69, 9.17) is 9.84 Å². The van der Waals surface area contributed by atoms with Crippen molar-refractivity contribution in [3.63, 3.8) is 0 Å². The third-order valence-corrected chi connectivity index (χ3v) is 4.41. The fourth-order valence-corrected chi connectivity index (χ4v) is 3.10. The van der Waals surface area contributed by atoms with Crippen LogP contribution in [0.5, 0.6) is 0 Å². The fourth-order valence-electron chi connectivity index (χ4n) is 1.93. The van der Waals surface area contributed by atoms with Gasteiger partial charge in [0.15, 0.2) is 0 Å². The van der Waals surface area contributed by atoms with Crippen LogP contribution in [0.15, 0.2) is 15.8 Å².